The van der Waals surface area contributed by atoms with Crippen LogP contribution in [0.1, 0.15) is 12.8 Å². The standard InChI is InChI=1S/C13H14F3N3O2.ClH/c1-7(6-17-2)11(20)18-8-3-4-10-9(5-8)19-12(21-10)13(14,15)16;/h3-5,7,17H,6H2,1-2H3,(H,18,20);1H. The molecule has 1 aromatic carbocycles. The van der Waals surface area contributed by atoms with Crippen LogP contribution in [0.3, 0.4) is 0 Å². The summed E-state index contributed by atoms with van der Waals surface area (Å²) in [6.07, 6.45) is -4.64. The zero-order chi connectivity index (χ0) is 15.6. The molecule has 2 rings (SSSR count). The number of carbonyl (C=O) groups excluding carboxylic acids is 1. The Kier molecular flexibility index (Phi) is 5.78. The first-order valence-electron chi connectivity index (χ1n) is 6.24. The summed E-state index contributed by atoms with van der Waals surface area (Å²) in [7, 11) is 1.73. The van der Waals surface area contributed by atoms with Crippen LogP contribution in [0, 0.1) is 5.92 Å². The van der Waals surface area contributed by atoms with Gasteiger partial charge in [0, 0.05) is 18.2 Å². The summed E-state index contributed by atoms with van der Waals surface area (Å²) in [5.74, 6) is -1.80. The molecule has 0 aliphatic heterocycles. The third kappa shape index (κ3) is 4.11. The number of nitrogens with one attached hydrogen (secondary N) is 2. The normalized spacial score (nSPS) is 12.8. The molecule has 5 nitrogen and oxygen atoms in total. The maximum Gasteiger partial charge on any atom is 0.468 e. The number of benzene rings is 1. The van der Waals surface area contributed by atoms with Gasteiger partial charge < -0.3 is 15.1 Å². The number of nitrogens with zero attached hydrogens (tertiary/aromatic N) is 1. The fourth-order valence-corrected chi connectivity index (χ4v) is 1.79. The third-order valence-corrected chi connectivity index (χ3v) is 2.86. The van der Waals surface area contributed by atoms with E-state index in [1.165, 1.54) is 18.2 Å². The lowest BCUT2D eigenvalue weighted by molar-refractivity contribution is -0.156. The number of hydrogen-bond acceptors (Lipinski definition) is 4. The molecule has 0 fully saturated rings. The number of hydrogen-bond donors (Lipinski definition) is 2. The fourth-order valence-electron chi connectivity index (χ4n) is 1.79. The Bertz CT molecular complexity index is 658. The van der Waals surface area contributed by atoms with Crippen molar-refractivity contribution >= 4 is 35.1 Å². The van der Waals surface area contributed by atoms with Crippen molar-refractivity contribution in [2.45, 2.75) is 13.1 Å². The van der Waals surface area contributed by atoms with E-state index in [2.05, 4.69) is 20.0 Å². The van der Waals surface area contributed by atoms with Crippen LogP contribution in [0.2, 0.25) is 0 Å². The van der Waals surface area contributed by atoms with Gasteiger partial charge in [-0.15, -0.1) is 12.4 Å². The first kappa shape index (κ1) is 18.2. The number of amides is 1. The van der Waals surface area contributed by atoms with Crippen LogP contribution in [-0.4, -0.2) is 24.5 Å². The molecule has 122 valence electrons. The highest BCUT2D eigenvalue weighted by Gasteiger charge is 2.37. The van der Waals surface area contributed by atoms with E-state index in [0.29, 0.717) is 12.2 Å². The zero-order valence-electron chi connectivity index (χ0n) is 11.8. The summed E-state index contributed by atoms with van der Waals surface area (Å²) in [4.78, 5) is 15.2. The summed E-state index contributed by atoms with van der Waals surface area (Å²) in [5.41, 5.74) is 0.433. The lowest BCUT2D eigenvalue weighted by Gasteiger charge is -2.11. The van der Waals surface area contributed by atoms with E-state index >= 15 is 0 Å². The van der Waals surface area contributed by atoms with Gasteiger partial charge in [-0.2, -0.15) is 13.2 Å². The number of alkyl halides is 3. The average molecular weight is 338 g/mol. The van der Waals surface area contributed by atoms with Gasteiger partial charge in [0.1, 0.15) is 5.52 Å². The van der Waals surface area contributed by atoms with Crippen molar-refractivity contribution in [1.82, 2.24) is 10.3 Å². The number of oxazole rings is 1. The molecular weight excluding hydrogens is 323 g/mol. The highest BCUT2D eigenvalue weighted by molar-refractivity contribution is 5.94. The Morgan fingerprint density at radius 2 is 2.09 bits per heavy atom. The molecule has 1 unspecified atom stereocenters. The van der Waals surface area contributed by atoms with Gasteiger partial charge in [-0.25, -0.2) is 4.98 Å². The molecule has 0 saturated carbocycles. The fraction of sp³-hybridized carbons (Fsp3) is 0.385. The van der Waals surface area contributed by atoms with Crippen LogP contribution >= 0.6 is 12.4 Å². The minimum atomic E-state index is -4.64. The molecule has 0 saturated heterocycles. The van der Waals surface area contributed by atoms with E-state index < -0.39 is 12.1 Å². The van der Waals surface area contributed by atoms with Gasteiger partial charge in [-0.3, -0.25) is 4.79 Å². The van der Waals surface area contributed by atoms with Crippen molar-refractivity contribution in [1.29, 1.82) is 0 Å². The number of rotatable bonds is 4. The van der Waals surface area contributed by atoms with Gasteiger partial charge in [0.2, 0.25) is 5.91 Å². The van der Waals surface area contributed by atoms with Crippen molar-refractivity contribution in [3.63, 3.8) is 0 Å². The van der Waals surface area contributed by atoms with E-state index in [-0.39, 0.29) is 35.3 Å². The van der Waals surface area contributed by atoms with E-state index in [0.717, 1.165) is 0 Å². The molecule has 0 radical (unpaired) electrons. The maximum atomic E-state index is 12.5. The van der Waals surface area contributed by atoms with Gasteiger partial charge >= 0.3 is 12.1 Å². The van der Waals surface area contributed by atoms with Gasteiger partial charge in [0.15, 0.2) is 5.58 Å². The predicted molar refractivity (Wildman–Crippen MR) is 78.0 cm³/mol. The quantitative estimate of drug-likeness (QED) is 0.899. The van der Waals surface area contributed by atoms with Crippen molar-refractivity contribution in [3.8, 4) is 0 Å². The summed E-state index contributed by atoms with van der Waals surface area (Å²) < 4.78 is 42.1. The maximum absolute atomic E-state index is 12.5. The second-order valence-corrected chi connectivity index (χ2v) is 4.65. The van der Waals surface area contributed by atoms with Gasteiger partial charge in [0.25, 0.3) is 0 Å². The summed E-state index contributed by atoms with van der Waals surface area (Å²) >= 11 is 0. The largest absolute Gasteiger partial charge is 0.468 e. The lowest BCUT2D eigenvalue weighted by Crippen LogP contribution is -2.28. The minimum Gasteiger partial charge on any atom is -0.433 e. The lowest BCUT2D eigenvalue weighted by atomic mass is 10.1. The average Bonchev–Trinajstić information content (AvgIpc) is 2.82. The van der Waals surface area contributed by atoms with E-state index in [9.17, 15) is 18.0 Å². The Morgan fingerprint density at radius 1 is 1.41 bits per heavy atom. The SMILES string of the molecule is CNCC(C)C(=O)Nc1ccc2oc(C(F)(F)F)nc2c1.Cl. The summed E-state index contributed by atoms with van der Waals surface area (Å²) in [6, 6.07) is 4.16. The molecule has 1 aromatic heterocycles. The molecular formula is C13H15ClF3N3O2. The minimum absolute atomic E-state index is 0. The monoisotopic (exact) mass is 337 g/mol. The third-order valence-electron chi connectivity index (χ3n) is 2.86. The summed E-state index contributed by atoms with van der Waals surface area (Å²) in [6.45, 7) is 2.23. The highest BCUT2D eigenvalue weighted by atomic mass is 35.5. The Labute approximate surface area is 130 Å². The molecule has 1 heterocycles. The van der Waals surface area contributed by atoms with Crippen LogP contribution in [0.15, 0.2) is 22.6 Å². The Balaban J connectivity index is 0.00000242. The summed E-state index contributed by atoms with van der Waals surface area (Å²) in [5, 5.41) is 5.50. The molecule has 0 spiro atoms. The number of aromatic nitrogens is 1. The van der Waals surface area contributed by atoms with Crippen LogP contribution in [0.4, 0.5) is 18.9 Å². The molecule has 2 aromatic rings. The van der Waals surface area contributed by atoms with Crippen molar-refractivity contribution in [3.05, 3.63) is 24.1 Å². The molecule has 2 N–H and O–H groups in total. The van der Waals surface area contributed by atoms with Crippen molar-refractivity contribution < 1.29 is 22.4 Å². The second kappa shape index (κ2) is 6.97. The van der Waals surface area contributed by atoms with E-state index in [1.54, 1.807) is 14.0 Å². The molecule has 0 bridgehead atoms. The van der Waals surface area contributed by atoms with Crippen LogP contribution in [-0.2, 0) is 11.0 Å². The van der Waals surface area contributed by atoms with E-state index in [1.807, 2.05) is 0 Å². The topological polar surface area (TPSA) is 67.2 Å². The smallest absolute Gasteiger partial charge is 0.433 e. The van der Waals surface area contributed by atoms with Gasteiger partial charge in [-0.05, 0) is 25.2 Å². The molecule has 1 atom stereocenters. The molecule has 22 heavy (non-hydrogen) atoms. The van der Waals surface area contributed by atoms with E-state index in [4.69, 9.17) is 0 Å². The first-order chi connectivity index (χ1) is 9.81. The predicted octanol–water partition coefficient (Wildman–Crippen LogP) is 3.06. The number of halogens is 4. The van der Waals surface area contributed by atoms with Crippen LogP contribution < -0.4 is 10.6 Å². The number of anilines is 1. The van der Waals surface area contributed by atoms with Crippen LogP contribution in [0.25, 0.3) is 11.1 Å². The molecule has 9 heteroatoms. The Hall–Kier alpha value is -1.80. The molecule has 0 aliphatic carbocycles. The van der Waals surface area contributed by atoms with Gasteiger partial charge in [-0.1, -0.05) is 6.92 Å². The van der Waals surface area contributed by atoms with Crippen molar-refractivity contribution in [2.24, 2.45) is 5.92 Å². The molecule has 0 aliphatic rings. The first-order valence-corrected chi connectivity index (χ1v) is 6.24. The zero-order valence-corrected chi connectivity index (χ0v) is 12.6. The molecule has 1 amide bonds. The van der Waals surface area contributed by atoms with Gasteiger partial charge in [0.05, 0.1) is 0 Å². The number of carbonyl (C=O) groups is 1. The highest BCUT2D eigenvalue weighted by Crippen LogP contribution is 2.31. The van der Waals surface area contributed by atoms with Crippen LogP contribution in [0.5, 0.6) is 0 Å². The Morgan fingerprint density at radius 3 is 2.68 bits per heavy atom. The second-order valence-electron chi connectivity index (χ2n) is 4.65. The van der Waals surface area contributed by atoms with Crippen molar-refractivity contribution in [2.75, 3.05) is 18.9 Å². The number of fused-ring (bicyclic) bond motifs is 1.